The molecule has 1 aromatic heterocycles. The van der Waals surface area contributed by atoms with Crippen LogP contribution >= 0.6 is 23.1 Å². The lowest BCUT2D eigenvalue weighted by Crippen LogP contribution is -2.28. The van der Waals surface area contributed by atoms with E-state index in [2.05, 4.69) is 27.8 Å². The first kappa shape index (κ1) is 24.0. The summed E-state index contributed by atoms with van der Waals surface area (Å²) in [5, 5.41) is 15.7. The van der Waals surface area contributed by atoms with Crippen molar-refractivity contribution in [3.63, 3.8) is 0 Å². The van der Waals surface area contributed by atoms with Gasteiger partial charge in [0.15, 0.2) is 5.17 Å². The number of unbranched alkanes of at least 4 members (excludes halogenated alkanes) is 3. The average molecular weight is 473 g/mol. The zero-order valence-corrected chi connectivity index (χ0v) is 19.9. The number of rotatable bonds is 11. The topological polar surface area (TPSA) is 92.2 Å². The van der Waals surface area contributed by atoms with Crippen molar-refractivity contribution < 1.29 is 14.3 Å². The third kappa shape index (κ3) is 7.49. The molecule has 9 heteroatoms. The van der Waals surface area contributed by atoms with E-state index in [1.54, 1.807) is 23.5 Å². The second-order valence-corrected chi connectivity index (χ2v) is 9.49. The van der Waals surface area contributed by atoms with Crippen LogP contribution in [-0.2, 0) is 9.59 Å². The maximum Gasteiger partial charge on any atom is 0.240 e. The zero-order valence-electron chi connectivity index (χ0n) is 18.3. The summed E-state index contributed by atoms with van der Waals surface area (Å²) >= 11 is 2.79. The van der Waals surface area contributed by atoms with E-state index in [0.717, 1.165) is 22.8 Å². The SMILES string of the molecule is CCCCCCOc1ccc(NC(=O)C[C@H]2S/C(=N\N=C(\C)c3cccs3)NC2=O)cc1. The minimum absolute atomic E-state index is 0.0544. The first-order valence-electron chi connectivity index (χ1n) is 10.7. The van der Waals surface area contributed by atoms with Crippen LogP contribution in [0.2, 0.25) is 0 Å². The molecule has 7 nitrogen and oxygen atoms in total. The van der Waals surface area contributed by atoms with Gasteiger partial charge in [0.1, 0.15) is 11.0 Å². The van der Waals surface area contributed by atoms with E-state index >= 15 is 0 Å². The number of amides is 2. The molecule has 0 spiro atoms. The van der Waals surface area contributed by atoms with Crippen LogP contribution < -0.4 is 15.4 Å². The number of thiophene rings is 1. The fourth-order valence-electron chi connectivity index (χ4n) is 2.97. The second-order valence-electron chi connectivity index (χ2n) is 7.35. The summed E-state index contributed by atoms with van der Waals surface area (Å²) in [7, 11) is 0. The van der Waals surface area contributed by atoms with E-state index < -0.39 is 5.25 Å². The second kappa shape index (κ2) is 12.4. The molecule has 0 saturated carbocycles. The van der Waals surface area contributed by atoms with Crippen LogP contribution in [0.15, 0.2) is 52.0 Å². The minimum Gasteiger partial charge on any atom is -0.494 e. The molecule has 1 aliphatic rings. The van der Waals surface area contributed by atoms with Gasteiger partial charge in [-0.2, -0.15) is 5.10 Å². The number of thioether (sulfide) groups is 1. The number of nitrogens with one attached hydrogen (secondary N) is 2. The third-order valence-corrected chi connectivity index (χ3v) is 6.77. The lowest BCUT2D eigenvalue weighted by molar-refractivity contribution is -0.122. The molecule has 1 fully saturated rings. The fourth-order valence-corrected chi connectivity index (χ4v) is 4.56. The van der Waals surface area contributed by atoms with Crippen LogP contribution in [0, 0.1) is 0 Å². The summed E-state index contributed by atoms with van der Waals surface area (Å²) in [6.07, 6.45) is 4.69. The Balaban J connectivity index is 1.45. The van der Waals surface area contributed by atoms with Gasteiger partial charge in [0, 0.05) is 12.1 Å². The highest BCUT2D eigenvalue weighted by atomic mass is 32.2. The Kier molecular flexibility index (Phi) is 9.30. The van der Waals surface area contributed by atoms with Gasteiger partial charge in [0.05, 0.1) is 17.2 Å². The minimum atomic E-state index is -0.531. The molecule has 170 valence electrons. The maximum absolute atomic E-state index is 12.4. The first-order chi connectivity index (χ1) is 15.5. The van der Waals surface area contributed by atoms with Gasteiger partial charge in [-0.3, -0.25) is 9.59 Å². The lowest BCUT2D eigenvalue weighted by atomic mass is 10.2. The van der Waals surface area contributed by atoms with E-state index in [0.29, 0.717) is 17.5 Å². The number of anilines is 1. The van der Waals surface area contributed by atoms with E-state index in [9.17, 15) is 9.59 Å². The first-order valence-corrected chi connectivity index (χ1v) is 12.5. The van der Waals surface area contributed by atoms with Gasteiger partial charge in [0.2, 0.25) is 11.8 Å². The number of ether oxygens (including phenoxy) is 1. The Morgan fingerprint density at radius 2 is 2.00 bits per heavy atom. The van der Waals surface area contributed by atoms with Gasteiger partial charge in [0.25, 0.3) is 0 Å². The van der Waals surface area contributed by atoms with Crippen LogP contribution in [0.25, 0.3) is 0 Å². The number of carbonyl (C=O) groups is 2. The Morgan fingerprint density at radius 3 is 2.72 bits per heavy atom. The van der Waals surface area contributed by atoms with Crippen molar-refractivity contribution in [3.05, 3.63) is 46.7 Å². The number of benzene rings is 1. The Bertz CT molecular complexity index is 956. The van der Waals surface area contributed by atoms with Crippen LogP contribution in [0.4, 0.5) is 5.69 Å². The van der Waals surface area contributed by atoms with Crippen molar-refractivity contribution >= 4 is 51.5 Å². The molecule has 0 bridgehead atoms. The summed E-state index contributed by atoms with van der Waals surface area (Å²) in [6, 6.07) is 11.2. The van der Waals surface area contributed by atoms with E-state index in [1.807, 2.05) is 36.6 Å². The highest BCUT2D eigenvalue weighted by Crippen LogP contribution is 2.24. The molecule has 1 saturated heterocycles. The fraction of sp³-hybridized carbons (Fsp3) is 0.391. The molecule has 1 atom stereocenters. The van der Waals surface area contributed by atoms with Crippen molar-refractivity contribution in [3.8, 4) is 5.75 Å². The largest absolute Gasteiger partial charge is 0.494 e. The molecule has 2 N–H and O–H groups in total. The number of nitrogens with zero attached hydrogens (tertiary/aromatic N) is 2. The van der Waals surface area contributed by atoms with Gasteiger partial charge in [-0.05, 0) is 49.1 Å². The molecular formula is C23H28N4O3S2. The number of amidine groups is 1. The normalized spacial score (nSPS) is 17.4. The lowest BCUT2D eigenvalue weighted by Gasteiger charge is -2.09. The summed E-state index contributed by atoms with van der Waals surface area (Å²) in [5.74, 6) is 0.314. The van der Waals surface area contributed by atoms with Crippen LogP contribution in [0.5, 0.6) is 5.75 Å². The molecule has 2 aromatic rings. The Morgan fingerprint density at radius 1 is 1.19 bits per heavy atom. The van der Waals surface area contributed by atoms with Crippen molar-refractivity contribution in [2.75, 3.05) is 11.9 Å². The van der Waals surface area contributed by atoms with E-state index in [-0.39, 0.29) is 18.2 Å². The predicted octanol–water partition coefficient (Wildman–Crippen LogP) is 5.05. The highest BCUT2D eigenvalue weighted by Gasteiger charge is 2.32. The van der Waals surface area contributed by atoms with Crippen molar-refractivity contribution in [1.29, 1.82) is 0 Å². The number of carbonyl (C=O) groups excluding carboxylic acids is 2. The Labute approximate surface area is 196 Å². The average Bonchev–Trinajstić information content (AvgIpc) is 3.43. The maximum atomic E-state index is 12.4. The van der Waals surface area contributed by atoms with E-state index in [4.69, 9.17) is 4.74 Å². The van der Waals surface area contributed by atoms with Crippen molar-refractivity contribution in [1.82, 2.24) is 5.32 Å². The van der Waals surface area contributed by atoms with Crippen molar-refractivity contribution in [2.45, 2.75) is 51.2 Å². The van der Waals surface area contributed by atoms with Gasteiger partial charge < -0.3 is 15.4 Å². The van der Waals surface area contributed by atoms with Crippen LogP contribution in [0.3, 0.4) is 0 Å². The smallest absolute Gasteiger partial charge is 0.240 e. The predicted molar refractivity (Wildman–Crippen MR) is 133 cm³/mol. The monoisotopic (exact) mass is 472 g/mol. The van der Waals surface area contributed by atoms with Gasteiger partial charge in [-0.25, -0.2) is 0 Å². The Hall–Kier alpha value is -2.65. The third-order valence-electron chi connectivity index (χ3n) is 4.72. The number of hydrogen-bond acceptors (Lipinski definition) is 7. The zero-order chi connectivity index (χ0) is 22.8. The quantitative estimate of drug-likeness (QED) is 0.272. The summed E-state index contributed by atoms with van der Waals surface area (Å²) in [4.78, 5) is 25.6. The van der Waals surface area contributed by atoms with Gasteiger partial charge in [-0.15, -0.1) is 16.4 Å². The molecule has 0 unspecified atom stereocenters. The molecular weight excluding hydrogens is 444 g/mol. The van der Waals surface area contributed by atoms with E-state index in [1.165, 1.54) is 31.0 Å². The standard InChI is InChI=1S/C23H28N4O3S2/c1-3-4-5-6-13-30-18-11-9-17(10-12-18)24-21(28)15-20-22(29)25-23(32-20)27-26-16(2)19-8-7-14-31-19/h7-12,14,20H,3-6,13,15H2,1-2H3,(H,24,28)(H,25,27,29)/b26-16-/t20-/m1/s1. The van der Waals surface area contributed by atoms with Gasteiger partial charge >= 0.3 is 0 Å². The molecule has 3 rings (SSSR count). The number of hydrogen-bond donors (Lipinski definition) is 2. The summed E-state index contributed by atoms with van der Waals surface area (Å²) in [6.45, 7) is 4.74. The molecule has 2 heterocycles. The summed E-state index contributed by atoms with van der Waals surface area (Å²) < 4.78 is 5.72. The van der Waals surface area contributed by atoms with Crippen LogP contribution in [0.1, 0.15) is 50.8 Å². The molecule has 1 aliphatic heterocycles. The summed E-state index contributed by atoms with van der Waals surface area (Å²) in [5.41, 5.74) is 1.44. The molecule has 1 aromatic carbocycles. The molecule has 2 amide bonds. The molecule has 0 radical (unpaired) electrons. The molecule has 0 aliphatic carbocycles. The van der Waals surface area contributed by atoms with Gasteiger partial charge in [-0.1, -0.05) is 44.0 Å². The molecule has 32 heavy (non-hydrogen) atoms. The van der Waals surface area contributed by atoms with Crippen molar-refractivity contribution in [2.24, 2.45) is 10.2 Å². The van der Waals surface area contributed by atoms with Crippen LogP contribution in [-0.4, -0.2) is 34.6 Å². The highest BCUT2D eigenvalue weighted by molar-refractivity contribution is 8.15.